The monoisotopic (exact) mass is 222 g/mol. The first-order valence-electron chi connectivity index (χ1n) is 5.66. The van der Waals surface area contributed by atoms with Crippen molar-refractivity contribution < 1.29 is 9.84 Å². The number of nitrogens with zero attached hydrogens (tertiary/aromatic N) is 1. The molecule has 0 bridgehead atoms. The zero-order valence-electron chi connectivity index (χ0n) is 9.52. The predicted octanol–water partition coefficient (Wildman–Crippen LogP) is 1.24. The first-order chi connectivity index (χ1) is 7.74. The van der Waals surface area contributed by atoms with Crippen molar-refractivity contribution in [2.75, 3.05) is 30.3 Å². The number of ether oxygens (including phenoxy) is 1. The maximum Gasteiger partial charge on any atom is 0.143 e. The minimum Gasteiger partial charge on any atom is -0.486 e. The van der Waals surface area contributed by atoms with E-state index in [9.17, 15) is 0 Å². The first kappa shape index (κ1) is 11.1. The standard InChI is InChI=1S/C12H18N2O2/c1-2-10-8-14(5-6-15)11-7-9(13)3-4-12(11)16-10/h3-4,7,10,15H,2,5-6,8,13H2,1H3. The molecule has 3 N–H and O–H groups in total. The molecule has 1 aliphatic heterocycles. The van der Waals surface area contributed by atoms with Crippen LogP contribution in [-0.4, -0.2) is 30.9 Å². The van der Waals surface area contributed by atoms with E-state index in [1.54, 1.807) is 0 Å². The Hall–Kier alpha value is -1.42. The maximum atomic E-state index is 9.06. The zero-order chi connectivity index (χ0) is 11.5. The fraction of sp³-hybridized carbons (Fsp3) is 0.500. The predicted molar refractivity (Wildman–Crippen MR) is 64.9 cm³/mol. The molecule has 1 aromatic carbocycles. The zero-order valence-corrected chi connectivity index (χ0v) is 9.52. The molecule has 0 saturated heterocycles. The molecular weight excluding hydrogens is 204 g/mol. The minimum absolute atomic E-state index is 0.144. The summed E-state index contributed by atoms with van der Waals surface area (Å²) in [5, 5.41) is 9.06. The second-order valence-corrected chi connectivity index (χ2v) is 4.04. The number of nitrogen functional groups attached to an aromatic ring is 1. The number of hydrogen-bond donors (Lipinski definition) is 2. The number of aliphatic hydroxyl groups is 1. The van der Waals surface area contributed by atoms with Gasteiger partial charge in [-0.2, -0.15) is 0 Å². The lowest BCUT2D eigenvalue weighted by Crippen LogP contribution is -2.41. The lowest BCUT2D eigenvalue weighted by molar-refractivity contribution is 0.185. The number of β-amino-alcohol motifs (C(OH)–C–C–N with tert-alkyl or cyclic N) is 1. The van der Waals surface area contributed by atoms with E-state index >= 15 is 0 Å². The molecule has 0 saturated carbocycles. The van der Waals surface area contributed by atoms with Crippen LogP contribution in [0.3, 0.4) is 0 Å². The molecule has 2 rings (SSSR count). The first-order valence-corrected chi connectivity index (χ1v) is 5.66. The van der Waals surface area contributed by atoms with Gasteiger partial charge in [0.15, 0.2) is 0 Å². The van der Waals surface area contributed by atoms with Crippen molar-refractivity contribution in [2.24, 2.45) is 0 Å². The largest absolute Gasteiger partial charge is 0.486 e. The van der Waals surface area contributed by atoms with Crippen LogP contribution in [0.25, 0.3) is 0 Å². The third-order valence-corrected chi connectivity index (χ3v) is 2.87. The molecule has 0 aliphatic carbocycles. The molecule has 1 atom stereocenters. The van der Waals surface area contributed by atoms with Gasteiger partial charge in [0.05, 0.1) is 18.8 Å². The smallest absolute Gasteiger partial charge is 0.143 e. The quantitative estimate of drug-likeness (QED) is 0.755. The van der Waals surface area contributed by atoms with E-state index in [1.165, 1.54) is 0 Å². The van der Waals surface area contributed by atoms with Crippen LogP contribution in [0.1, 0.15) is 13.3 Å². The maximum absolute atomic E-state index is 9.06. The minimum atomic E-state index is 0.144. The summed E-state index contributed by atoms with van der Waals surface area (Å²) in [6.45, 7) is 3.68. The fourth-order valence-corrected chi connectivity index (χ4v) is 1.99. The summed E-state index contributed by atoms with van der Waals surface area (Å²) >= 11 is 0. The summed E-state index contributed by atoms with van der Waals surface area (Å²) in [6, 6.07) is 5.64. The normalized spacial score (nSPS) is 19.1. The van der Waals surface area contributed by atoms with E-state index in [1.807, 2.05) is 18.2 Å². The molecule has 1 aromatic rings. The molecule has 4 heteroatoms. The van der Waals surface area contributed by atoms with Gasteiger partial charge in [0, 0.05) is 12.2 Å². The van der Waals surface area contributed by atoms with Gasteiger partial charge in [-0.05, 0) is 24.6 Å². The van der Waals surface area contributed by atoms with Gasteiger partial charge < -0.3 is 20.5 Å². The Balaban J connectivity index is 2.31. The Morgan fingerprint density at radius 2 is 2.38 bits per heavy atom. The van der Waals surface area contributed by atoms with Crippen LogP contribution >= 0.6 is 0 Å². The van der Waals surface area contributed by atoms with Gasteiger partial charge in [0.1, 0.15) is 11.9 Å². The summed E-state index contributed by atoms with van der Waals surface area (Å²) in [4.78, 5) is 2.13. The Morgan fingerprint density at radius 1 is 1.56 bits per heavy atom. The van der Waals surface area contributed by atoms with Crippen molar-refractivity contribution in [2.45, 2.75) is 19.4 Å². The molecule has 0 spiro atoms. The fourth-order valence-electron chi connectivity index (χ4n) is 1.99. The van der Waals surface area contributed by atoms with Crippen LogP contribution in [-0.2, 0) is 0 Å². The molecule has 0 radical (unpaired) electrons. The SMILES string of the molecule is CCC1CN(CCO)c2cc(N)ccc2O1. The number of rotatable bonds is 3. The number of anilines is 2. The van der Waals surface area contributed by atoms with Crippen molar-refractivity contribution >= 4 is 11.4 Å². The van der Waals surface area contributed by atoms with Gasteiger partial charge in [-0.25, -0.2) is 0 Å². The number of fused-ring (bicyclic) bond motifs is 1. The highest BCUT2D eigenvalue weighted by molar-refractivity contribution is 5.66. The Morgan fingerprint density at radius 3 is 3.06 bits per heavy atom. The molecule has 1 heterocycles. The van der Waals surface area contributed by atoms with Crippen LogP contribution in [0.15, 0.2) is 18.2 Å². The highest BCUT2D eigenvalue weighted by Gasteiger charge is 2.24. The molecular formula is C12H18N2O2. The molecule has 1 unspecified atom stereocenters. The Kier molecular flexibility index (Phi) is 3.19. The molecule has 0 aromatic heterocycles. The van der Waals surface area contributed by atoms with Crippen molar-refractivity contribution in [1.82, 2.24) is 0 Å². The lowest BCUT2D eigenvalue weighted by Gasteiger charge is -2.35. The van der Waals surface area contributed by atoms with Gasteiger partial charge in [0.2, 0.25) is 0 Å². The van der Waals surface area contributed by atoms with Crippen molar-refractivity contribution in [3.63, 3.8) is 0 Å². The van der Waals surface area contributed by atoms with Crippen molar-refractivity contribution in [3.05, 3.63) is 18.2 Å². The van der Waals surface area contributed by atoms with Crippen LogP contribution in [0, 0.1) is 0 Å². The molecule has 16 heavy (non-hydrogen) atoms. The summed E-state index contributed by atoms with van der Waals surface area (Å²) in [7, 11) is 0. The molecule has 4 nitrogen and oxygen atoms in total. The Labute approximate surface area is 95.6 Å². The molecule has 0 fully saturated rings. The highest BCUT2D eigenvalue weighted by atomic mass is 16.5. The number of aliphatic hydroxyl groups excluding tert-OH is 1. The van der Waals surface area contributed by atoms with E-state index < -0.39 is 0 Å². The van der Waals surface area contributed by atoms with Gasteiger partial charge in [0.25, 0.3) is 0 Å². The van der Waals surface area contributed by atoms with Crippen LogP contribution in [0.5, 0.6) is 5.75 Å². The highest BCUT2D eigenvalue weighted by Crippen LogP contribution is 2.35. The summed E-state index contributed by atoms with van der Waals surface area (Å²) in [6.07, 6.45) is 1.16. The summed E-state index contributed by atoms with van der Waals surface area (Å²) < 4.78 is 5.83. The number of nitrogens with two attached hydrogens (primary N) is 1. The van der Waals surface area contributed by atoms with Crippen LogP contribution < -0.4 is 15.4 Å². The van der Waals surface area contributed by atoms with E-state index in [0.717, 1.165) is 30.1 Å². The van der Waals surface area contributed by atoms with E-state index in [-0.39, 0.29) is 12.7 Å². The third kappa shape index (κ3) is 2.07. The number of hydrogen-bond acceptors (Lipinski definition) is 4. The topological polar surface area (TPSA) is 58.7 Å². The molecule has 88 valence electrons. The van der Waals surface area contributed by atoms with E-state index in [4.69, 9.17) is 15.6 Å². The summed E-state index contributed by atoms with van der Waals surface area (Å²) in [5.41, 5.74) is 7.47. The average Bonchev–Trinajstić information content (AvgIpc) is 2.30. The second kappa shape index (κ2) is 4.61. The Bertz CT molecular complexity index is 368. The van der Waals surface area contributed by atoms with Gasteiger partial charge in [-0.3, -0.25) is 0 Å². The van der Waals surface area contributed by atoms with Crippen molar-refractivity contribution in [3.8, 4) is 5.75 Å². The third-order valence-electron chi connectivity index (χ3n) is 2.87. The van der Waals surface area contributed by atoms with E-state index in [2.05, 4.69) is 11.8 Å². The second-order valence-electron chi connectivity index (χ2n) is 4.04. The van der Waals surface area contributed by atoms with Crippen LogP contribution in [0.2, 0.25) is 0 Å². The summed E-state index contributed by atoms with van der Waals surface area (Å²) in [5.74, 6) is 0.862. The van der Waals surface area contributed by atoms with E-state index in [0.29, 0.717) is 6.54 Å². The number of benzene rings is 1. The van der Waals surface area contributed by atoms with Crippen LogP contribution in [0.4, 0.5) is 11.4 Å². The lowest BCUT2D eigenvalue weighted by atomic mass is 10.1. The van der Waals surface area contributed by atoms with Gasteiger partial charge in [-0.1, -0.05) is 6.92 Å². The van der Waals surface area contributed by atoms with Gasteiger partial charge in [-0.15, -0.1) is 0 Å². The molecule has 1 aliphatic rings. The molecule has 0 amide bonds. The van der Waals surface area contributed by atoms with Gasteiger partial charge >= 0.3 is 0 Å². The van der Waals surface area contributed by atoms with Crippen molar-refractivity contribution in [1.29, 1.82) is 0 Å². The average molecular weight is 222 g/mol.